The molecule has 14 heavy (non-hydrogen) atoms. The van der Waals surface area contributed by atoms with Crippen LogP contribution in [0.25, 0.3) is 0 Å². The van der Waals surface area contributed by atoms with Gasteiger partial charge in [0.15, 0.2) is 0 Å². The molecule has 5 heteroatoms. The average Bonchev–Trinajstić information content (AvgIpc) is 2.14. The Morgan fingerprint density at radius 3 is 1.79 bits per heavy atom. The number of allylic oxidation sites excluding steroid dienone is 1. The van der Waals surface area contributed by atoms with Gasteiger partial charge >= 0.3 is 11.9 Å². The van der Waals surface area contributed by atoms with Crippen LogP contribution >= 0.6 is 0 Å². The summed E-state index contributed by atoms with van der Waals surface area (Å²) in [4.78, 5) is 32.3. The smallest absolute Gasteiger partial charge is 0.345 e. The van der Waals surface area contributed by atoms with Gasteiger partial charge in [0, 0.05) is 0 Å². The molecule has 0 aromatic heterocycles. The fraction of sp³-hybridized carbons (Fsp3) is 0.444. The normalized spacial score (nSPS) is 8.71. The number of carbonyl (C=O) groups excluding carboxylic acids is 3. The molecule has 0 aromatic rings. The zero-order valence-electron chi connectivity index (χ0n) is 8.11. The Morgan fingerprint density at radius 2 is 1.50 bits per heavy atom. The van der Waals surface area contributed by atoms with E-state index in [-0.39, 0.29) is 18.8 Å². The Morgan fingerprint density at radius 1 is 1.07 bits per heavy atom. The highest BCUT2D eigenvalue weighted by Gasteiger charge is 2.20. The van der Waals surface area contributed by atoms with Gasteiger partial charge in [-0.05, 0) is 19.9 Å². The van der Waals surface area contributed by atoms with Gasteiger partial charge < -0.3 is 9.47 Å². The maximum Gasteiger partial charge on any atom is 0.345 e. The minimum atomic E-state index is -0.849. The topological polar surface area (TPSA) is 69.7 Å². The number of aldehydes is 1. The number of esters is 2. The maximum absolute atomic E-state index is 11.1. The van der Waals surface area contributed by atoms with Gasteiger partial charge in [-0.3, -0.25) is 4.79 Å². The number of hydrogen-bond acceptors (Lipinski definition) is 5. The van der Waals surface area contributed by atoms with Gasteiger partial charge in [0.1, 0.15) is 11.9 Å². The van der Waals surface area contributed by atoms with Crippen LogP contribution in [0, 0.1) is 0 Å². The zero-order valence-corrected chi connectivity index (χ0v) is 8.11. The van der Waals surface area contributed by atoms with Crippen molar-refractivity contribution in [1.29, 1.82) is 0 Å². The lowest BCUT2D eigenvalue weighted by Crippen LogP contribution is -2.18. The molecule has 0 unspecified atom stereocenters. The van der Waals surface area contributed by atoms with Gasteiger partial charge in [-0.1, -0.05) is 0 Å². The lowest BCUT2D eigenvalue weighted by molar-refractivity contribution is -0.146. The highest BCUT2D eigenvalue weighted by molar-refractivity contribution is 6.16. The molecule has 0 bridgehead atoms. The Bertz CT molecular complexity index is 234. The molecule has 0 saturated heterocycles. The van der Waals surface area contributed by atoms with Crippen molar-refractivity contribution in [2.24, 2.45) is 0 Å². The second-order valence-corrected chi connectivity index (χ2v) is 2.16. The number of ether oxygens (including phenoxy) is 2. The molecule has 0 rings (SSSR count). The molecule has 0 heterocycles. The third-order valence-corrected chi connectivity index (χ3v) is 1.23. The van der Waals surface area contributed by atoms with Gasteiger partial charge in [0.25, 0.3) is 0 Å². The molecule has 0 amide bonds. The third kappa shape index (κ3) is 3.84. The summed E-state index contributed by atoms with van der Waals surface area (Å²) in [6.07, 6.45) is 1.17. The van der Waals surface area contributed by atoms with Crippen LogP contribution in [0.5, 0.6) is 0 Å². The van der Waals surface area contributed by atoms with Crippen molar-refractivity contribution in [3.05, 3.63) is 11.6 Å². The van der Waals surface area contributed by atoms with Gasteiger partial charge in [-0.15, -0.1) is 0 Å². The lowest BCUT2D eigenvalue weighted by Gasteiger charge is -2.04. The summed E-state index contributed by atoms with van der Waals surface area (Å²) in [5, 5.41) is 0. The van der Waals surface area contributed by atoms with E-state index in [1.807, 2.05) is 0 Å². The Labute approximate surface area is 81.7 Å². The monoisotopic (exact) mass is 200 g/mol. The standard InChI is InChI=1S/C9H12O5/c1-3-13-8(11)7(5-6-10)9(12)14-4-2/h5-6H,3-4H2,1-2H3. The summed E-state index contributed by atoms with van der Waals surface area (Å²) in [5.74, 6) is -1.70. The van der Waals surface area contributed by atoms with E-state index in [1.165, 1.54) is 0 Å². The Kier molecular flexibility index (Phi) is 6.02. The van der Waals surface area contributed by atoms with E-state index in [0.29, 0.717) is 6.29 Å². The Hall–Kier alpha value is -1.65. The van der Waals surface area contributed by atoms with Crippen LogP contribution in [0.2, 0.25) is 0 Å². The zero-order chi connectivity index (χ0) is 11.0. The van der Waals surface area contributed by atoms with Crippen LogP contribution < -0.4 is 0 Å². The first kappa shape index (κ1) is 12.3. The minimum absolute atomic E-state index is 0.133. The highest BCUT2D eigenvalue weighted by atomic mass is 16.6. The maximum atomic E-state index is 11.1. The first-order chi connectivity index (χ1) is 6.67. The first-order valence-corrected chi connectivity index (χ1v) is 4.17. The van der Waals surface area contributed by atoms with E-state index in [2.05, 4.69) is 9.47 Å². The Balaban J connectivity index is 4.59. The van der Waals surface area contributed by atoms with Crippen molar-refractivity contribution < 1.29 is 23.9 Å². The molecule has 0 aliphatic heterocycles. The van der Waals surface area contributed by atoms with E-state index < -0.39 is 11.9 Å². The number of hydrogen-bond donors (Lipinski definition) is 0. The summed E-state index contributed by atoms with van der Waals surface area (Å²) in [5.41, 5.74) is -0.385. The molecule has 0 aliphatic carbocycles. The molecule has 0 radical (unpaired) electrons. The van der Waals surface area contributed by atoms with Crippen molar-refractivity contribution in [3.8, 4) is 0 Å². The second kappa shape index (κ2) is 6.82. The molecule has 5 nitrogen and oxygen atoms in total. The van der Waals surface area contributed by atoms with Gasteiger partial charge in [0.05, 0.1) is 13.2 Å². The van der Waals surface area contributed by atoms with E-state index in [4.69, 9.17) is 0 Å². The van der Waals surface area contributed by atoms with Crippen LogP contribution in [0.3, 0.4) is 0 Å². The number of rotatable bonds is 5. The van der Waals surface area contributed by atoms with Crippen molar-refractivity contribution in [3.63, 3.8) is 0 Å². The van der Waals surface area contributed by atoms with Crippen LogP contribution in [0.1, 0.15) is 13.8 Å². The fourth-order valence-electron chi connectivity index (χ4n) is 0.705. The van der Waals surface area contributed by atoms with Gasteiger partial charge in [0.2, 0.25) is 0 Å². The quantitative estimate of drug-likeness (QED) is 0.209. The lowest BCUT2D eigenvalue weighted by atomic mass is 10.2. The first-order valence-electron chi connectivity index (χ1n) is 4.17. The van der Waals surface area contributed by atoms with E-state index >= 15 is 0 Å². The van der Waals surface area contributed by atoms with E-state index in [1.54, 1.807) is 13.8 Å². The molecule has 0 spiro atoms. The fourth-order valence-corrected chi connectivity index (χ4v) is 0.705. The van der Waals surface area contributed by atoms with Crippen molar-refractivity contribution in [2.75, 3.05) is 13.2 Å². The van der Waals surface area contributed by atoms with Crippen molar-refractivity contribution in [1.82, 2.24) is 0 Å². The largest absolute Gasteiger partial charge is 0.462 e. The van der Waals surface area contributed by atoms with Crippen LogP contribution in [-0.4, -0.2) is 31.4 Å². The summed E-state index contributed by atoms with van der Waals surface area (Å²) in [6, 6.07) is 0. The second-order valence-electron chi connectivity index (χ2n) is 2.16. The van der Waals surface area contributed by atoms with Crippen molar-refractivity contribution >= 4 is 18.2 Å². The SMILES string of the molecule is CCOC(=O)C(=CC=O)C(=O)OCC. The molecule has 0 atom stereocenters. The van der Waals surface area contributed by atoms with Gasteiger partial charge in [-0.25, -0.2) is 9.59 Å². The third-order valence-electron chi connectivity index (χ3n) is 1.23. The molecule has 0 aromatic carbocycles. The highest BCUT2D eigenvalue weighted by Crippen LogP contribution is 2.00. The van der Waals surface area contributed by atoms with E-state index in [0.717, 1.165) is 6.08 Å². The molecule has 0 N–H and O–H groups in total. The minimum Gasteiger partial charge on any atom is -0.462 e. The average molecular weight is 200 g/mol. The molecular weight excluding hydrogens is 188 g/mol. The van der Waals surface area contributed by atoms with Crippen LogP contribution in [0.15, 0.2) is 11.6 Å². The van der Waals surface area contributed by atoms with Crippen molar-refractivity contribution in [2.45, 2.75) is 13.8 Å². The predicted octanol–water partition coefficient (Wildman–Crippen LogP) is 0.238. The summed E-state index contributed by atoms with van der Waals surface area (Å²) < 4.78 is 9.11. The molecule has 0 fully saturated rings. The van der Waals surface area contributed by atoms with Gasteiger partial charge in [-0.2, -0.15) is 0 Å². The molecule has 78 valence electrons. The molecular formula is C9H12O5. The van der Waals surface area contributed by atoms with Crippen LogP contribution in [0.4, 0.5) is 0 Å². The van der Waals surface area contributed by atoms with Crippen LogP contribution in [-0.2, 0) is 23.9 Å². The molecule has 0 aliphatic rings. The summed E-state index contributed by atoms with van der Waals surface area (Å²) in [7, 11) is 0. The number of carbonyl (C=O) groups is 3. The van der Waals surface area contributed by atoms with E-state index in [9.17, 15) is 14.4 Å². The molecule has 0 saturated carbocycles. The summed E-state index contributed by atoms with van der Waals surface area (Å²) in [6.45, 7) is 3.46. The summed E-state index contributed by atoms with van der Waals surface area (Å²) >= 11 is 0. The predicted molar refractivity (Wildman–Crippen MR) is 47.4 cm³/mol.